The number of amides is 1. The summed E-state index contributed by atoms with van der Waals surface area (Å²) >= 11 is 0. The van der Waals surface area contributed by atoms with Gasteiger partial charge in [-0.25, -0.2) is 0 Å². The lowest BCUT2D eigenvalue weighted by Gasteiger charge is -2.20. The molecule has 4 heteroatoms. The van der Waals surface area contributed by atoms with Crippen LogP contribution in [0.5, 0.6) is 0 Å². The maximum Gasteiger partial charge on any atom is 0.223 e. The van der Waals surface area contributed by atoms with Crippen LogP contribution in [0.4, 0.5) is 0 Å². The second-order valence-corrected chi connectivity index (χ2v) is 4.14. The Labute approximate surface area is 98.9 Å². The molecule has 0 heterocycles. The van der Waals surface area contributed by atoms with Crippen molar-refractivity contribution in [1.82, 2.24) is 5.32 Å². The van der Waals surface area contributed by atoms with E-state index in [4.69, 9.17) is 10.5 Å². The molecule has 0 radical (unpaired) electrons. The fraction of sp³-hybridized carbons (Fsp3) is 0.917. The molecule has 0 rings (SSSR count). The Bertz CT molecular complexity index is 186. The van der Waals surface area contributed by atoms with Crippen LogP contribution < -0.4 is 11.1 Å². The van der Waals surface area contributed by atoms with Gasteiger partial charge in [0.2, 0.25) is 5.91 Å². The highest BCUT2D eigenvalue weighted by Crippen LogP contribution is 2.12. The molecule has 0 fully saturated rings. The maximum absolute atomic E-state index is 11.9. The second-order valence-electron chi connectivity index (χ2n) is 4.14. The normalized spacial score (nSPS) is 14.5. The van der Waals surface area contributed by atoms with Gasteiger partial charge in [-0.1, -0.05) is 26.7 Å². The van der Waals surface area contributed by atoms with Crippen LogP contribution in [0, 0.1) is 5.92 Å². The van der Waals surface area contributed by atoms with Gasteiger partial charge in [-0.15, -0.1) is 0 Å². The van der Waals surface area contributed by atoms with Gasteiger partial charge in [0.15, 0.2) is 0 Å². The van der Waals surface area contributed by atoms with Gasteiger partial charge in [0.1, 0.15) is 0 Å². The average molecular weight is 230 g/mol. The quantitative estimate of drug-likeness (QED) is 0.627. The summed E-state index contributed by atoms with van der Waals surface area (Å²) in [6, 6.07) is -0.0619. The Hall–Kier alpha value is -0.610. The molecule has 0 aromatic carbocycles. The van der Waals surface area contributed by atoms with E-state index in [2.05, 4.69) is 12.2 Å². The molecule has 4 nitrogen and oxygen atoms in total. The number of nitrogens with one attached hydrogen (secondary N) is 1. The number of hydrogen-bond donors (Lipinski definition) is 2. The molecule has 16 heavy (non-hydrogen) atoms. The van der Waals surface area contributed by atoms with Crippen LogP contribution in [0.3, 0.4) is 0 Å². The lowest BCUT2D eigenvalue weighted by molar-refractivity contribution is -0.126. The standard InChI is InChI=1S/C12H26N2O2/c1-4-6-7-10(5-2)12(15)14-11(8-13)9-16-3/h10-11H,4-9,13H2,1-3H3,(H,14,15). The molecule has 0 aliphatic carbocycles. The van der Waals surface area contributed by atoms with Gasteiger partial charge in [0.05, 0.1) is 12.6 Å². The summed E-state index contributed by atoms with van der Waals surface area (Å²) in [5.74, 6) is 0.231. The van der Waals surface area contributed by atoms with Crippen molar-refractivity contribution in [2.24, 2.45) is 11.7 Å². The number of ether oxygens (including phenoxy) is 1. The number of hydrogen-bond acceptors (Lipinski definition) is 3. The predicted octanol–water partition coefficient (Wildman–Crippen LogP) is 1.29. The first-order chi connectivity index (χ1) is 7.69. The van der Waals surface area contributed by atoms with Crippen molar-refractivity contribution in [3.05, 3.63) is 0 Å². The summed E-state index contributed by atoms with van der Waals surface area (Å²) in [7, 11) is 1.61. The van der Waals surface area contributed by atoms with E-state index in [9.17, 15) is 4.79 Å². The average Bonchev–Trinajstić information content (AvgIpc) is 2.29. The van der Waals surface area contributed by atoms with Crippen molar-refractivity contribution in [2.45, 2.75) is 45.6 Å². The lowest BCUT2D eigenvalue weighted by Crippen LogP contribution is -2.45. The summed E-state index contributed by atoms with van der Waals surface area (Å²) in [5, 5.41) is 2.94. The van der Waals surface area contributed by atoms with Crippen molar-refractivity contribution in [3.8, 4) is 0 Å². The van der Waals surface area contributed by atoms with Gasteiger partial charge in [-0.3, -0.25) is 4.79 Å². The number of nitrogens with two attached hydrogens (primary N) is 1. The van der Waals surface area contributed by atoms with Gasteiger partial charge in [-0.05, 0) is 12.8 Å². The van der Waals surface area contributed by atoms with Crippen LogP contribution in [0.15, 0.2) is 0 Å². The third-order valence-corrected chi connectivity index (χ3v) is 2.77. The van der Waals surface area contributed by atoms with Crippen LogP contribution in [-0.4, -0.2) is 32.2 Å². The Morgan fingerprint density at radius 2 is 2.12 bits per heavy atom. The third-order valence-electron chi connectivity index (χ3n) is 2.77. The zero-order valence-corrected chi connectivity index (χ0v) is 10.8. The molecule has 0 bridgehead atoms. The van der Waals surface area contributed by atoms with E-state index in [1.165, 1.54) is 0 Å². The summed E-state index contributed by atoms with van der Waals surface area (Å²) in [4.78, 5) is 11.9. The molecule has 1 amide bonds. The van der Waals surface area contributed by atoms with Gasteiger partial charge in [0, 0.05) is 19.6 Å². The molecule has 96 valence electrons. The second kappa shape index (κ2) is 9.60. The largest absolute Gasteiger partial charge is 0.383 e. The maximum atomic E-state index is 11.9. The van der Waals surface area contributed by atoms with E-state index in [1.807, 2.05) is 6.92 Å². The number of unbranched alkanes of at least 4 members (excludes halogenated alkanes) is 1. The van der Waals surface area contributed by atoms with Crippen molar-refractivity contribution in [1.29, 1.82) is 0 Å². The predicted molar refractivity (Wildman–Crippen MR) is 66.2 cm³/mol. The van der Waals surface area contributed by atoms with Gasteiger partial charge >= 0.3 is 0 Å². The summed E-state index contributed by atoms with van der Waals surface area (Å²) in [5.41, 5.74) is 5.55. The minimum Gasteiger partial charge on any atom is -0.383 e. The molecule has 0 aliphatic heterocycles. The van der Waals surface area contributed by atoms with E-state index < -0.39 is 0 Å². The Morgan fingerprint density at radius 3 is 2.56 bits per heavy atom. The highest BCUT2D eigenvalue weighted by molar-refractivity contribution is 5.78. The SMILES string of the molecule is CCCCC(CC)C(=O)NC(CN)COC. The number of carbonyl (C=O) groups is 1. The van der Waals surface area contributed by atoms with E-state index in [1.54, 1.807) is 7.11 Å². The first-order valence-corrected chi connectivity index (χ1v) is 6.18. The Morgan fingerprint density at radius 1 is 1.44 bits per heavy atom. The number of methoxy groups -OCH3 is 1. The minimum absolute atomic E-state index is 0.0619. The fourth-order valence-corrected chi connectivity index (χ4v) is 1.66. The van der Waals surface area contributed by atoms with Gasteiger partial charge in [-0.2, -0.15) is 0 Å². The fourth-order valence-electron chi connectivity index (χ4n) is 1.66. The van der Waals surface area contributed by atoms with Crippen LogP contribution in [-0.2, 0) is 9.53 Å². The van der Waals surface area contributed by atoms with E-state index in [0.717, 1.165) is 25.7 Å². The van der Waals surface area contributed by atoms with E-state index in [0.29, 0.717) is 13.2 Å². The molecule has 0 saturated carbocycles. The molecule has 2 unspecified atom stereocenters. The molecular weight excluding hydrogens is 204 g/mol. The number of rotatable bonds is 9. The third kappa shape index (κ3) is 6.08. The summed E-state index contributed by atoms with van der Waals surface area (Å²) < 4.78 is 5.00. The number of carbonyl (C=O) groups excluding carboxylic acids is 1. The Balaban J connectivity index is 4.06. The first kappa shape index (κ1) is 15.4. The summed E-state index contributed by atoms with van der Waals surface area (Å²) in [6.45, 7) is 5.09. The molecule has 0 aliphatic rings. The zero-order valence-electron chi connectivity index (χ0n) is 10.8. The molecule has 0 spiro atoms. The zero-order chi connectivity index (χ0) is 12.4. The van der Waals surface area contributed by atoms with Crippen molar-refractivity contribution in [2.75, 3.05) is 20.3 Å². The molecule has 0 aromatic heterocycles. The smallest absolute Gasteiger partial charge is 0.223 e. The van der Waals surface area contributed by atoms with Crippen molar-refractivity contribution in [3.63, 3.8) is 0 Å². The van der Waals surface area contributed by atoms with Crippen molar-refractivity contribution >= 4 is 5.91 Å². The van der Waals surface area contributed by atoms with Crippen LogP contribution in [0.25, 0.3) is 0 Å². The molecule has 0 aromatic rings. The highest BCUT2D eigenvalue weighted by atomic mass is 16.5. The first-order valence-electron chi connectivity index (χ1n) is 6.18. The van der Waals surface area contributed by atoms with E-state index >= 15 is 0 Å². The van der Waals surface area contributed by atoms with Crippen LogP contribution in [0.1, 0.15) is 39.5 Å². The minimum atomic E-state index is -0.0619. The molecule has 2 atom stereocenters. The Kier molecular flexibility index (Phi) is 9.24. The monoisotopic (exact) mass is 230 g/mol. The van der Waals surface area contributed by atoms with Gasteiger partial charge < -0.3 is 15.8 Å². The molecule has 3 N–H and O–H groups in total. The lowest BCUT2D eigenvalue weighted by atomic mass is 9.98. The van der Waals surface area contributed by atoms with Gasteiger partial charge in [0.25, 0.3) is 0 Å². The molecular formula is C12H26N2O2. The topological polar surface area (TPSA) is 64.4 Å². The van der Waals surface area contributed by atoms with E-state index in [-0.39, 0.29) is 17.9 Å². The van der Waals surface area contributed by atoms with Crippen LogP contribution in [0.2, 0.25) is 0 Å². The molecule has 0 saturated heterocycles. The van der Waals surface area contributed by atoms with Crippen molar-refractivity contribution < 1.29 is 9.53 Å². The summed E-state index contributed by atoms with van der Waals surface area (Å²) in [6.07, 6.45) is 4.07. The highest BCUT2D eigenvalue weighted by Gasteiger charge is 2.18. The van der Waals surface area contributed by atoms with Crippen LogP contribution >= 0.6 is 0 Å².